The van der Waals surface area contributed by atoms with Crippen LogP contribution in [0, 0.1) is 6.92 Å². The van der Waals surface area contributed by atoms with Crippen LogP contribution in [0.15, 0.2) is 67.0 Å². The van der Waals surface area contributed by atoms with Crippen molar-refractivity contribution in [3.05, 3.63) is 94.4 Å². The second kappa shape index (κ2) is 10.6. The van der Waals surface area contributed by atoms with Crippen molar-refractivity contribution in [1.82, 2.24) is 19.9 Å². The van der Waals surface area contributed by atoms with Gasteiger partial charge in [-0.2, -0.15) is 0 Å². The minimum absolute atomic E-state index is 0.242. The third-order valence-electron chi connectivity index (χ3n) is 5.71. The molecule has 0 radical (unpaired) electrons. The minimum Gasteiger partial charge on any atom is -0.496 e. The minimum atomic E-state index is -0.484. The Labute approximate surface area is 217 Å². The van der Waals surface area contributed by atoms with Gasteiger partial charge < -0.3 is 15.0 Å². The molecule has 0 aliphatic heterocycles. The van der Waals surface area contributed by atoms with Crippen molar-refractivity contribution < 1.29 is 14.3 Å². The third kappa shape index (κ3) is 5.49. The summed E-state index contributed by atoms with van der Waals surface area (Å²) >= 11 is 1.39. The van der Waals surface area contributed by atoms with E-state index in [1.165, 1.54) is 18.4 Å². The van der Waals surface area contributed by atoms with E-state index in [-0.39, 0.29) is 5.78 Å². The second-order valence-corrected chi connectivity index (χ2v) is 9.46. The molecule has 2 aromatic carbocycles. The zero-order valence-corrected chi connectivity index (χ0v) is 21.1. The fourth-order valence-electron chi connectivity index (χ4n) is 3.92. The standard InChI is InChI=1S/C27H24N6O3S/c1-16-9-11-20(19(14-16)24(34)18-6-3-4-8-22(18)36-2)31-26(35)33-27-29-15-17(37-27)10-12-23-30-21-7-5-13-28-25(21)32-23/h3-9,11,13-15H,10,12H2,1-2H3,(H,28,30,32)(H2,29,31,33,35). The number of anilines is 2. The van der Waals surface area contributed by atoms with Gasteiger partial charge in [-0.3, -0.25) is 10.1 Å². The summed E-state index contributed by atoms with van der Waals surface area (Å²) in [5.74, 6) is 1.08. The van der Waals surface area contributed by atoms with E-state index in [1.54, 1.807) is 48.8 Å². The molecule has 0 saturated heterocycles. The van der Waals surface area contributed by atoms with Crippen molar-refractivity contribution in [2.75, 3.05) is 17.7 Å². The maximum atomic E-state index is 13.3. The van der Waals surface area contributed by atoms with Crippen LogP contribution < -0.4 is 15.4 Å². The van der Waals surface area contributed by atoms with Gasteiger partial charge in [0.2, 0.25) is 0 Å². The molecule has 2 amide bonds. The number of carbonyl (C=O) groups is 2. The Balaban J connectivity index is 1.25. The molecule has 0 unspecified atom stereocenters. The van der Waals surface area contributed by atoms with Crippen molar-refractivity contribution in [2.45, 2.75) is 19.8 Å². The number of ether oxygens (including phenoxy) is 1. The molecule has 0 aliphatic rings. The Morgan fingerprint density at radius 1 is 1.00 bits per heavy atom. The molecule has 10 heteroatoms. The van der Waals surface area contributed by atoms with Crippen molar-refractivity contribution in [3.63, 3.8) is 0 Å². The van der Waals surface area contributed by atoms with Crippen LogP contribution in [0.25, 0.3) is 11.2 Å². The Morgan fingerprint density at radius 3 is 2.70 bits per heavy atom. The summed E-state index contributed by atoms with van der Waals surface area (Å²) in [4.78, 5) is 43.4. The first-order valence-electron chi connectivity index (χ1n) is 11.6. The highest BCUT2D eigenvalue weighted by molar-refractivity contribution is 7.15. The number of hydrogen-bond donors (Lipinski definition) is 3. The number of carbonyl (C=O) groups excluding carboxylic acids is 2. The maximum absolute atomic E-state index is 13.3. The molecule has 3 heterocycles. The highest BCUT2D eigenvalue weighted by Crippen LogP contribution is 2.27. The van der Waals surface area contributed by atoms with Crippen LogP contribution in [0.5, 0.6) is 5.75 Å². The predicted molar refractivity (Wildman–Crippen MR) is 144 cm³/mol. The molecule has 9 nitrogen and oxygen atoms in total. The number of para-hydroxylation sites is 1. The topological polar surface area (TPSA) is 122 Å². The summed E-state index contributed by atoms with van der Waals surface area (Å²) in [6.45, 7) is 1.89. The van der Waals surface area contributed by atoms with Crippen LogP contribution >= 0.6 is 11.3 Å². The molecule has 0 spiro atoms. The zero-order chi connectivity index (χ0) is 25.8. The number of amides is 2. The number of fused-ring (bicyclic) bond motifs is 1. The highest BCUT2D eigenvalue weighted by atomic mass is 32.1. The Bertz CT molecular complexity index is 1560. The first kappa shape index (κ1) is 24.1. The number of benzene rings is 2. The summed E-state index contributed by atoms with van der Waals surface area (Å²) in [6, 6.07) is 15.6. The number of imidazole rings is 1. The lowest BCUT2D eigenvalue weighted by molar-refractivity contribution is 0.103. The molecule has 3 aromatic heterocycles. The van der Waals surface area contributed by atoms with E-state index in [4.69, 9.17) is 4.74 Å². The van der Waals surface area contributed by atoms with Crippen LogP contribution in [0.4, 0.5) is 15.6 Å². The van der Waals surface area contributed by atoms with Crippen LogP contribution in [-0.2, 0) is 12.8 Å². The van der Waals surface area contributed by atoms with Gasteiger partial charge in [0.1, 0.15) is 11.6 Å². The summed E-state index contributed by atoms with van der Waals surface area (Å²) in [7, 11) is 1.52. The van der Waals surface area contributed by atoms with E-state index in [0.29, 0.717) is 39.8 Å². The third-order valence-corrected chi connectivity index (χ3v) is 6.68. The van der Waals surface area contributed by atoms with Crippen LogP contribution in [0.2, 0.25) is 0 Å². The second-order valence-electron chi connectivity index (χ2n) is 8.35. The maximum Gasteiger partial charge on any atom is 0.325 e. The number of urea groups is 1. The van der Waals surface area contributed by atoms with E-state index >= 15 is 0 Å². The lowest BCUT2D eigenvalue weighted by Gasteiger charge is -2.13. The first-order chi connectivity index (χ1) is 18.0. The van der Waals surface area contributed by atoms with Gasteiger partial charge in [0.15, 0.2) is 16.6 Å². The van der Waals surface area contributed by atoms with Gasteiger partial charge in [-0.1, -0.05) is 23.8 Å². The summed E-state index contributed by atoms with van der Waals surface area (Å²) in [6.07, 6.45) is 4.87. The number of ketones is 1. The normalized spacial score (nSPS) is 10.9. The summed E-state index contributed by atoms with van der Waals surface area (Å²) in [5.41, 5.74) is 3.69. The molecule has 0 atom stereocenters. The van der Waals surface area contributed by atoms with Gasteiger partial charge in [-0.15, -0.1) is 11.3 Å². The quantitative estimate of drug-likeness (QED) is 0.240. The molecule has 0 aliphatic carbocycles. The molecule has 5 rings (SSSR count). The number of aromatic amines is 1. The van der Waals surface area contributed by atoms with Gasteiger partial charge in [0.25, 0.3) is 0 Å². The van der Waals surface area contributed by atoms with Gasteiger partial charge in [-0.05, 0) is 49.7 Å². The number of methoxy groups -OCH3 is 1. The molecule has 3 N–H and O–H groups in total. The number of aryl methyl sites for hydroxylation is 3. The van der Waals surface area contributed by atoms with Crippen molar-refractivity contribution in [1.29, 1.82) is 0 Å². The van der Waals surface area contributed by atoms with E-state index < -0.39 is 6.03 Å². The monoisotopic (exact) mass is 512 g/mol. The number of rotatable bonds is 8. The fourth-order valence-corrected chi connectivity index (χ4v) is 4.73. The molecule has 37 heavy (non-hydrogen) atoms. The van der Waals surface area contributed by atoms with Crippen molar-refractivity contribution in [3.8, 4) is 5.75 Å². The van der Waals surface area contributed by atoms with E-state index in [9.17, 15) is 9.59 Å². The number of pyridine rings is 1. The highest BCUT2D eigenvalue weighted by Gasteiger charge is 2.19. The van der Waals surface area contributed by atoms with E-state index in [2.05, 4.69) is 30.6 Å². The zero-order valence-electron chi connectivity index (χ0n) is 20.2. The molecular weight excluding hydrogens is 488 g/mol. The Morgan fingerprint density at radius 2 is 1.86 bits per heavy atom. The van der Waals surface area contributed by atoms with E-state index in [0.717, 1.165) is 28.2 Å². The number of hydrogen-bond acceptors (Lipinski definition) is 7. The average Bonchev–Trinajstić information content (AvgIpc) is 3.54. The van der Waals surface area contributed by atoms with Gasteiger partial charge in [-0.25, -0.2) is 19.7 Å². The number of aromatic nitrogens is 4. The molecule has 0 saturated carbocycles. The van der Waals surface area contributed by atoms with Crippen LogP contribution in [0.3, 0.4) is 0 Å². The smallest absolute Gasteiger partial charge is 0.325 e. The number of thiazole rings is 1. The van der Waals surface area contributed by atoms with Gasteiger partial charge >= 0.3 is 6.03 Å². The first-order valence-corrected chi connectivity index (χ1v) is 12.4. The van der Waals surface area contributed by atoms with E-state index in [1.807, 2.05) is 25.1 Å². The van der Waals surface area contributed by atoms with Crippen molar-refractivity contribution >= 4 is 45.1 Å². The Hall–Kier alpha value is -4.57. The largest absolute Gasteiger partial charge is 0.496 e. The lowest BCUT2D eigenvalue weighted by Crippen LogP contribution is -2.21. The number of nitrogens with one attached hydrogen (secondary N) is 3. The molecule has 0 fully saturated rings. The average molecular weight is 513 g/mol. The summed E-state index contributed by atoms with van der Waals surface area (Å²) < 4.78 is 5.35. The van der Waals surface area contributed by atoms with Crippen LogP contribution in [-0.4, -0.2) is 38.9 Å². The lowest BCUT2D eigenvalue weighted by atomic mass is 9.99. The number of H-pyrrole nitrogens is 1. The molecule has 0 bridgehead atoms. The van der Waals surface area contributed by atoms with Crippen molar-refractivity contribution in [2.24, 2.45) is 0 Å². The Kier molecular flexibility index (Phi) is 6.91. The molecule has 186 valence electrons. The predicted octanol–water partition coefficient (Wildman–Crippen LogP) is 5.39. The summed E-state index contributed by atoms with van der Waals surface area (Å²) in [5, 5.41) is 6.01. The SMILES string of the molecule is COc1ccccc1C(=O)c1cc(C)ccc1NC(=O)Nc1ncc(CCc2nc3ncccc3[nH]2)s1. The fraction of sp³-hybridized carbons (Fsp3) is 0.148. The van der Waals surface area contributed by atoms with Gasteiger partial charge in [0, 0.05) is 29.3 Å². The molecular formula is C27H24N6O3S. The van der Waals surface area contributed by atoms with Crippen LogP contribution in [0.1, 0.15) is 32.2 Å². The van der Waals surface area contributed by atoms with Gasteiger partial charge in [0.05, 0.1) is 23.9 Å². The molecule has 5 aromatic rings. The number of nitrogens with zero attached hydrogens (tertiary/aromatic N) is 3.